The number of aryl methyl sites for hydroxylation is 1. The zero-order chi connectivity index (χ0) is 8.97. The molecule has 64 valence electrons. The molecule has 0 aromatic heterocycles. The van der Waals surface area contributed by atoms with Gasteiger partial charge in [-0.05, 0) is 12.5 Å². The molecule has 1 aromatic carbocycles. The lowest BCUT2D eigenvalue weighted by Gasteiger charge is -2.11. The predicted molar refractivity (Wildman–Crippen MR) is 51.4 cm³/mol. The number of hydrazine groups is 1. The minimum Gasteiger partial charge on any atom is -0.271 e. The fourth-order valence-electron chi connectivity index (χ4n) is 1.16. The van der Waals surface area contributed by atoms with Crippen LogP contribution in [0.4, 0.5) is 0 Å². The predicted octanol–water partition coefficient (Wildman–Crippen LogP) is 1.69. The molecule has 0 saturated carbocycles. The second-order valence-corrected chi connectivity index (χ2v) is 2.79. The Hall–Kier alpha value is -1.12. The SMILES string of the molecule is C=CC(NN)c1cccc(C)c1. The molecule has 0 aliphatic heterocycles. The molecule has 2 heteroatoms. The van der Waals surface area contributed by atoms with Crippen LogP contribution in [-0.4, -0.2) is 0 Å². The van der Waals surface area contributed by atoms with Crippen molar-refractivity contribution >= 4 is 0 Å². The largest absolute Gasteiger partial charge is 0.271 e. The third kappa shape index (κ3) is 1.94. The number of rotatable bonds is 3. The van der Waals surface area contributed by atoms with E-state index in [1.807, 2.05) is 12.1 Å². The van der Waals surface area contributed by atoms with Gasteiger partial charge < -0.3 is 0 Å². The van der Waals surface area contributed by atoms with Crippen LogP contribution in [0.2, 0.25) is 0 Å². The third-order valence-corrected chi connectivity index (χ3v) is 1.82. The molecule has 1 unspecified atom stereocenters. The van der Waals surface area contributed by atoms with Gasteiger partial charge in [-0.2, -0.15) is 0 Å². The molecule has 1 aromatic rings. The van der Waals surface area contributed by atoms with E-state index in [2.05, 4.69) is 31.1 Å². The average Bonchev–Trinajstić information content (AvgIpc) is 2.07. The Bertz CT molecular complexity index is 268. The monoisotopic (exact) mass is 162 g/mol. The molecule has 0 heterocycles. The maximum Gasteiger partial charge on any atom is 0.0638 e. The minimum absolute atomic E-state index is 0.0462. The normalized spacial score (nSPS) is 12.5. The van der Waals surface area contributed by atoms with Crippen molar-refractivity contribution in [3.63, 3.8) is 0 Å². The molecule has 1 rings (SSSR count). The second-order valence-electron chi connectivity index (χ2n) is 2.79. The number of benzene rings is 1. The van der Waals surface area contributed by atoms with E-state index < -0.39 is 0 Å². The van der Waals surface area contributed by atoms with E-state index in [1.165, 1.54) is 5.56 Å². The number of nitrogens with two attached hydrogens (primary N) is 1. The highest BCUT2D eigenvalue weighted by Gasteiger charge is 2.02. The van der Waals surface area contributed by atoms with E-state index in [9.17, 15) is 0 Å². The summed E-state index contributed by atoms with van der Waals surface area (Å²) in [5.41, 5.74) is 5.05. The third-order valence-electron chi connectivity index (χ3n) is 1.82. The first kappa shape index (κ1) is 8.97. The Kier molecular flexibility index (Phi) is 3.02. The molecule has 3 N–H and O–H groups in total. The molecule has 0 radical (unpaired) electrons. The van der Waals surface area contributed by atoms with E-state index in [4.69, 9.17) is 5.84 Å². The molecule has 0 aliphatic carbocycles. The van der Waals surface area contributed by atoms with Crippen molar-refractivity contribution in [3.8, 4) is 0 Å². The maximum absolute atomic E-state index is 5.34. The van der Waals surface area contributed by atoms with E-state index in [1.54, 1.807) is 6.08 Å². The summed E-state index contributed by atoms with van der Waals surface area (Å²) in [5.74, 6) is 5.34. The maximum atomic E-state index is 5.34. The molecule has 0 saturated heterocycles. The molecular weight excluding hydrogens is 148 g/mol. The lowest BCUT2D eigenvalue weighted by atomic mass is 10.1. The minimum atomic E-state index is 0.0462. The summed E-state index contributed by atoms with van der Waals surface area (Å²) in [6.07, 6.45) is 1.79. The first-order valence-electron chi connectivity index (χ1n) is 3.93. The van der Waals surface area contributed by atoms with Gasteiger partial charge >= 0.3 is 0 Å². The topological polar surface area (TPSA) is 38.0 Å². The summed E-state index contributed by atoms with van der Waals surface area (Å²) in [7, 11) is 0. The number of nitrogens with one attached hydrogen (secondary N) is 1. The average molecular weight is 162 g/mol. The molecule has 0 fully saturated rings. The quantitative estimate of drug-likeness (QED) is 0.403. The van der Waals surface area contributed by atoms with Gasteiger partial charge in [-0.3, -0.25) is 5.84 Å². The number of hydrogen-bond acceptors (Lipinski definition) is 2. The fourth-order valence-corrected chi connectivity index (χ4v) is 1.16. The van der Waals surface area contributed by atoms with Crippen molar-refractivity contribution in [2.75, 3.05) is 0 Å². The van der Waals surface area contributed by atoms with Gasteiger partial charge in [-0.15, -0.1) is 6.58 Å². The van der Waals surface area contributed by atoms with Gasteiger partial charge in [0.2, 0.25) is 0 Å². The van der Waals surface area contributed by atoms with Gasteiger partial charge in [0.05, 0.1) is 6.04 Å². The molecule has 2 nitrogen and oxygen atoms in total. The Morgan fingerprint density at radius 3 is 2.83 bits per heavy atom. The molecule has 0 bridgehead atoms. The van der Waals surface area contributed by atoms with Crippen molar-refractivity contribution in [1.82, 2.24) is 5.43 Å². The van der Waals surface area contributed by atoms with Crippen molar-refractivity contribution in [2.45, 2.75) is 13.0 Å². The highest BCUT2D eigenvalue weighted by Crippen LogP contribution is 2.13. The van der Waals surface area contributed by atoms with E-state index in [0.717, 1.165) is 5.56 Å². The summed E-state index contributed by atoms with van der Waals surface area (Å²) in [6, 6.07) is 8.23. The summed E-state index contributed by atoms with van der Waals surface area (Å²) in [6.45, 7) is 5.75. The van der Waals surface area contributed by atoms with E-state index in [0.29, 0.717) is 0 Å². The molecule has 12 heavy (non-hydrogen) atoms. The van der Waals surface area contributed by atoms with Gasteiger partial charge in [0, 0.05) is 0 Å². The molecule has 0 amide bonds. The highest BCUT2D eigenvalue weighted by molar-refractivity contribution is 5.27. The smallest absolute Gasteiger partial charge is 0.0638 e. The van der Waals surface area contributed by atoms with Crippen LogP contribution in [0.5, 0.6) is 0 Å². The van der Waals surface area contributed by atoms with Crippen LogP contribution in [-0.2, 0) is 0 Å². The molecule has 0 spiro atoms. The molecule has 0 aliphatic rings. The summed E-state index contributed by atoms with van der Waals surface area (Å²) in [4.78, 5) is 0. The van der Waals surface area contributed by atoms with Gasteiger partial charge in [0.1, 0.15) is 0 Å². The summed E-state index contributed by atoms with van der Waals surface area (Å²) in [5, 5.41) is 0. The Morgan fingerprint density at radius 1 is 1.58 bits per heavy atom. The number of hydrogen-bond donors (Lipinski definition) is 2. The molecule has 1 atom stereocenters. The van der Waals surface area contributed by atoms with E-state index in [-0.39, 0.29) is 6.04 Å². The van der Waals surface area contributed by atoms with Gasteiger partial charge in [-0.25, -0.2) is 5.43 Å². The highest BCUT2D eigenvalue weighted by atomic mass is 15.2. The van der Waals surface area contributed by atoms with Gasteiger partial charge in [0.25, 0.3) is 0 Å². The van der Waals surface area contributed by atoms with Crippen molar-refractivity contribution < 1.29 is 0 Å². The van der Waals surface area contributed by atoms with Crippen LogP contribution in [0.3, 0.4) is 0 Å². The van der Waals surface area contributed by atoms with Crippen LogP contribution in [0.25, 0.3) is 0 Å². The van der Waals surface area contributed by atoms with E-state index >= 15 is 0 Å². The van der Waals surface area contributed by atoms with Crippen molar-refractivity contribution in [1.29, 1.82) is 0 Å². The van der Waals surface area contributed by atoms with Gasteiger partial charge in [0.15, 0.2) is 0 Å². The van der Waals surface area contributed by atoms with Crippen molar-refractivity contribution in [3.05, 3.63) is 48.0 Å². The zero-order valence-corrected chi connectivity index (χ0v) is 7.25. The first-order valence-corrected chi connectivity index (χ1v) is 3.93. The van der Waals surface area contributed by atoms with Crippen LogP contribution in [0, 0.1) is 6.92 Å². The lowest BCUT2D eigenvalue weighted by molar-refractivity contribution is 0.656. The van der Waals surface area contributed by atoms with Crippen LogP contribution < -0.4 is 11.3 Å². The Balaban J connectivity index is 2.93. The summed E-state index contributed by atoms with van der Waals surface area (Å²) >= 11 is 0. The standard InChI is InChI=1S/C10H14N2/c1-3-10(12-11)9-6-4-5-8(2)7-9/h3-7,10,12H,1,11H2,2H3. The summed E-state index contributed by atoms with van der Waals surface area (Å²) < 4.78 is 0. The lowest BCUT2D eigenvalue weighted by Crippen LogP contribution is -2.26. The second kappa shape index (κ2) is 4.04. The molecular formula is C10H14N2. The fraction of sp³-hybridized carbons (Fsp3) is 0.200. The van der Waals surface area contributed by atoms with Crippen LogP contribution in [0.15, 0.2) is 36.9 Å². The Morgan fingerprint density at radius 2 is 2.33 bits per heavy atom. The first-order chi connectivity index (χ1) is 5.77. The Labute approximate surface area is 73.1 Å². The van der Waals surface area contributed by atoms with Crippen molar-refractivity contribution in [2.24, 2.45) is 5.84 Å². The van der Waals surface area contributed by atoms with Crippen LogP contribution in [0.1, 0.15) is 17.2 Å². The van der Waals surface area contributed by atoms with Gasteiger partial charge in [-0.1, -0.05) is 35.9 Å². The van der Waals surface area contributed by atoms with Crippen LogP contribution >= 0.6 is 0 Å². The zero-order valence-electron chi connectivity index (χ0n) is 7.25.